The molecule has 42 heavy (non-hydrogen) atoms. The van der Waals surface area contributed by atoms with Gasteiger partial charge in [-0.15, -0.1) is 0 Å². The molecule has 9 aromatic rings. The highest BCUT2D eigenvalue weighted by Crippen LogP contribution is 2.44. The molecule has 0 saturated heterocycles. The summed E-state index contributed by atoms with van der Waals surface area (Å²) in [5.74, 6) is 0. The van der Waals surface area contributed by atoms with Crippen LogP contribution in [-0.4, -0.2) is 0 Å². The van der Waals surface area contributed by atoms with E-state index in [4.69, 9.17) is 0 Å². The Kier molecular flexibility index (Phi) is 5.00. The van der Waals surface area contributed by atoms with Crippen LogP contribution in [0.15, 0.2) is 158 Å². The van der Waals surface area contributed by atoms with Crippen LogP contribution >= 0.6 is 0 Å². The summed E-state index contributed by atoms with van der Waals surface area (Å²) in [6, 6.07) is 58.0. The van der Waals surface area contributed by atoms with E-state index in [0.29, 0.717) is 0 Å². The van der Waals surface area contributed by atoms with Crippen molar-refractivity contribution in [3.63, 3.8) is 0 Å². The number of fused-ring (bicyclic) bond motifs is 12. The molecule has 9 rings (SSSR count). The van der Waals surface area contributed by atoms with Gasteiger partial charge in [0.05, 0.1) is 0 Å². The van der Waals surface area contributed by atoms with Crippen LogP contribution in [0.5, 0.6) is 0 Å². The minimum atomic E-state index is 1.24. The lowest BCUT2D eigenvalue weighted by atomic mass is 9.86. The van der Waals surface area contributed by atoms with Gasteiger partial charge in [0, 0.05) is 0 Å². The molecule has 9 aromatic carbocycles. The lowest BCUT2D eigenvalue weighted by Crippen LogP contribution is -1.89. The van der Waals surface area contributed by atoms with E-state index in [1.165, 1.54) is 86.9 Å². The highest BCUT2D eigenvalue weighted by Gasteiger charge is 2.16. The van der Waals surface area contributed by atoms with Gasteiger partial charge in [0.15, 0.2) is 0 Å². The molecule has 0 nitrogen and oxygen atoms in total. The van der Waals surface area contributed by atoms with Crippen molar-refractivity contribution in [1.29, 1.82) is 0 Å². The van der Waals surface area contributed by atoms with Crippen LogP contribution in [0.1, 0.15) is 0 Å². The third-order valence-corrected chi connectivity index (χ3v) is 8.99. The molecule has 0 spiro atoms. The van der Waals surface area contributed by atoms with Crippen molar-refractivity contribution in [2.75, 3.05) is 0 Å². The zero-order valence-electron chi connectivity index (χ0n) is 23.0. The Morgan fingerprint density at radius 1 is 0.214 bits per heavy atom. The maximum atomic E-state index is 2.41. The highest BCUT2D eigenvalue weighted by atomic mass is 14.2. The monoisotopic (exact) mass is 530 g/mol. The van der Waals surface area contributed by atoms with Crippen molar-refractivity contribution in [2.24, 2.45) is 0 Å². The highest BCUT2D eigenvalue weighted by molar-refractivity contribution is 6.39. The van der Waals surface area contributed by atoms with E-state index in [2.05, 4.69) is 158 Å². The molecular weight excluding hydrogens is 504 g/mol. The van der Waals surface area contributed by atoms with Gasteiger partial charge >= 0.3 is 0 Å². The summed E-state index contributed by atoms with van der Waals surface area (Å²) in [6.07, 6.45) is 0. The summed E-state index contributed by atoms with van der Waals surface area (Å²) in [6.45, 7) is 0. The summed E-state index contributed by atoms with van der Waals surface area (Å²) >= 11 is 0. The van der Waals surface area contributed by atoms with Gasteiger partial charge in [-0.25, -0.2) is 0 Å². The molecule has 0 aliphatic heterocycles. The molecular formula is C42H26. The Morgan fingerprint density at radius 3 is 1.19 bits per heavy atom. The Hall–Kier alpha value is -5.46. The Morgan fingerprint density at radius 2 is 0.619 bits per heavy atom. The standard InChI is InChI=1S/C42H26/c1-2-10-27(11-3-1)29-20-18-28-19-21-30(25-32(28)24-29)31-22-23-39-40(26-31)35-14-6-9-17-38(35)41-36-15-7-4-12-33(36)34-13-5-8-16-37(34)42(39)41/h1-26H. The molecule has 0 aromatic heterocycles. The van der Waals surface area contributed by atoms with Gasteiger partial charge in [0.2, 0.25) is 0 Å². The minimum Gasteiger partial charge on any atom is -0.0622 e. The lowest BCUT2D eigenvalue weighted by molar-refractivity contribution is 1.64. The summed E-state index contributed by atoms with van der Waals surface area (Å²) in [5, 5.41) is 15.7. The van der Waals surface area contributed by atoms with Gasteiger partial charge in [-0.3, -0.25) is 0 Å². The zero-order valence-corrected chi connectivity index (χ0v) is 23.0. The van der Waals surface area contributed by atoms with Crippen LogP contribution in [0.2, 0.25) is 0 Å². The van der Waals surface area contributed by atoms with Gasteiger partial charge in [-0.05, 0) is 105 Å². The van der Waals surface area contributed by atoms with Crippen molar-refractivity contribution in [1.82, 2.24) is 0 Å². The van der Waals surface area contributed by atoms with Gasteiger partial charge < -0.3 is 0 Å². The molecule has 0 radical (unpaired) electrons. The predicted octanol–water partition coefficient (Wildman–Crippen LogP) is 11.9. The van der Waals surface area contributed by atoms with Gasteiger partial charge in [-0.1, -0.05) is 140 Å². The van der Waals surface area contributed by atoms with Crippen LogP contribution in [0.25, 0.3) is 86.9 Å². The SMILES string of the molecule is c1ccc(-c2ccc3ccc(-c4ccc5c(c4)c4ccccc4c4c6ccccc6c6ccccc6c54)cc3c2)cc1. The fourth-order valence-corrected chi connectivity index (χ4v) is 7.04. The summed E-state index contributed by atoms with van der Waals surface area (Å²) in [4.78, 5) is 0. The van der Waals surface area contributed by atoms with Crippen molar-refractivity contribution < 1.29 is 0 Å². The van der Waals surface area contributed by atoms with Crippen LogP contribution in [0.4, 0.5) is 0 Å². The maximum Gasteiger partial charge on any atom is -0.00139 e. The summed E-state index contributed by atoms with van der Waals surface area (Å²) < 4.78 is 0. The summed E-state index contributed by atoms with van der Waals surface area (Å²) in [5.41, 5.74) is 4.97. The zero-order chi connectivity index (χ0) is 27.6. The Labute approximate surface area is 244 Å². The topological polar surface area (TPSA) is 0 Å². The maximum absolute atomic E-state index is 2.41. The lowest BCUT2D eigenvalue weighted by Gasteiger charge is -2.17. The number of rotatable bonds is 2. The van der Waals surface area contributed by atoms with E-state index in [1.54, 1.807) is 0 Å². The third-order valence-electron chi connectivity index (χ3n) is 8.99. The van der Waals surface area contributed by atoms with Crippen LogP contribution in [-0.2, 0) is 0 Å². The van der Waals surface area contributed by atoms with Crippen LogP contribution in [0, 0.1) is 0 Å². The van der Waals surface area contributed by atoms with E-state index in [-0.39, 0.29) is 0 Å². The second-order valence-electron chi connectivity index (χ2n) is 11.3. The fourth-order valence-electron chi connectivity index (χ4n) is 7.04. The van der Waals surface area contributed by atoms with Crippen molar-refractivity contribution in [3.05, 3.63) is 158 Å². The molecule has 0 atom stereocenters. The first-order chi connectivity index (χ1) is 20.8. The first kappa shape index (κ1) is 23.3. The molecule has 0 unspecified atom stereocenters. The molecule has 0 heterocycles. The fraction of sp³-hybridized carbons (Fsp3) is 0. The van der Waals surface area contributed by atoms with Crippen LogP contribution in [0.3, 0.4) is 0 Å². The normalized spacial score (nSPS) is 11.8. The van der Waals surface area contributed by atoms with Gasteiger partial charge in [0.1, 0.15) is 0 Å². The molecule has 0 heteroatoms. The van der Waals surface area contributed by atoms with Crippen LogP contribution < -0.4 is 0 Å². The molecule has 0 saturated carbocycles. The Balaban J connectivity index is 1.34. The van der Waals surface area contributed by atoms with Gasteiger partial charge in [-0.2, -0.15) is 0 Å². The molecule has 0 bridgehead atoms. The number of benzene rings is 9. The largest absolute Gasteiger partial charge is 0.0622 e. The summed E-state index contributed by atoms with van der Waals surface area (Å²) in [7, 11) is 0. The number of hydrogen-bond donors (Lipinski definition) is 0. The van der Waals surface area contributed by atoms with E-state index < -0.39 is 0 Å². The first-order valence-corrected chi connectivity index (χ1v) is 14.6. The van der Waals surface area contributed by atoms with Crippen molar-refractivity contribution in [2.45, 2.75) is 0 Å². The number of hydrogen-bond acceptors (Lipinski definition) is 0. The van der Waals surface area contributed by atoms with Gasteiger partial charge in [0.25, 0.3) is 0 Å². The third kappa shape index (κ3) is 3.42. The van der Waals surface area contributed by atoms with E-state index >= 15 is 0 Å². The van der Waals surface area contributed by atoms with Crippen molar-refractivity contribution in [3.8, 4) is 22.3 Å². The van der Waals surface area contributed by atoms with E-state index in [0.717, 1.165) is 0 Å². The molecule has 194 valence electrons. The molecule has 0 amide bonds. The average Bonchev–Trinajstić information content (AvgIpc) is 3.07. The van der Waals surface area contributed by atoms with E-state index in [1.807, 2.05) is 0 Å². The quantitative estimate of drug-likeness (QED) is 0.195. The second-order valence-corrected chi connectivity index (χ2v) is 11.3. The first-order valence-electron chi connectivity index (χ1n) is 14.6. The molecule has 0 N–H and O–H groups in total. The second kappa shape index (κ2) is 9.03. The Bertz CT molecular complexity index is 2500. The predicted molar refractivity (Wildman–Crippen MR) is 182 cm³/mol. The average molecular weight is 531 g/mol. The molecule has 0 aliphatic carbocycles. The minimum absolute atomic E-state index is 1.24. The smallest absolute Gasteiger partial charge is 0.00139 e. The van der Waals surface area contributed by atoms with E-state index in [9.17, 15) is 0 Å². The molecule has 0 fully saturated rings. The van der Waals surface area contributed by atoms with Crippen molar-refractivity contribution >= 4 is 64.6 Å². The molecule has 0 aliphatic rings.